The van der Waals surface area contributed by atoms with E-state index in [4.69, 9.17) is 0 Å². The molecule has 20 heavy (non-hydrogen) atoms. The van der Waals surface area contributed by atoms with Gasteiger partial charge in [0.15, 0.2) is 11.5 Å². The van der Waals surface area contributed by atoms with Crippen molar-refractivity contribution in [2.24, 2.45) is 0 Å². The van der Waals surface area contributed by atoms with Crippen molar-refractivity contribution in [3.8, 4) is 11.4 Å². The van der Waals surface area contributed by atoms with Gasteiger partial charge in [-0.1, -0.05) is 12.8 Å². The largest absolute Gasteiger partial charge is 0.286 e. The molecular formula is C14H16N6. The van der Waals surface area contributed by atoms with E-state index in [1.807, 2.05) is 29.7 Å². The molecule has 1 aliphatic carbocycles. The smallest absolute Gasteiger partial charge is 0.182 e. The molecule has 0 aliphatic heterocycles. The molecule has 0 saturated heterocycles. The lowest BCUT2D eigenvalue weighted by Crippen LogP contribution is -1.95. The summed E-state index contributed by atoms with van der Waals surface area (Å²) in [5.74, 6) is 3.20. The van der Waals surface area contributed by atoms with Crippen LogP contribution in [-0.4, -0.2) is 29.8 Å². The van der Waals surface area contributed by atoms with Crippen LogP contribution in [0.3, 0.4) is 0 Å². The first kappa shape index (κ1) is 11.6. The highest BCUT2D eigenvalue weighted by atomic mass is 15.2. The van der Waals surface area contributed by atoms with Crippen LogP contribution >= 0.6 is 0 Å². The Hall–Kier alpha value is -2.24. The molecule has 3 aromatic rings. The van der Waals surface area contributed by atoms with Crippen LogP contribution in [0.25, 0.3) is 17.0 Å². The molecule has 0 atom stereocenters. The van der Waals surface area contributed by atoms with Crippen LogP contribution in [0.15, 0.2) is 18.3 Å². The molecule has 6 nitrogen and oxygen atoms in total. The molecule has 4 rings (SSSR count). The Bertz CT molecular complexity index is 750. The Morgan fingerprint density at radius 2 is 2.05 bits per heavy atom. The van der Waals surface area contributed by atoms with E-state index < -0.39 is 0 Å². The summed E-state index contributed by atoms with van der Waals surface area (Å²) in [4.78, 5) is 4.66. The van der Waals surface area contributed by atoms with Gasteiger partial charge in [-0.2, -0.15) is 5.10 Å². The number of rotatable bonds is 2. The molecule has 0 unspecified atom stereocenters. The van der Waals surface area contributed by atoms with Crippen molar-refractivity contribution in [2.75, 3.05) is 0 Å². The van der Waals surface area contributed by atoms with Crippen LogP contribution in [-0.2, 0) is 0 Å². The standard InChI is InChI=1S/C14H16N6/c1-9-16-17-12-7-6-11(8-20(9)12)14-15-13(18-19-14)10-4-2-3-5-10/h6-8,10H,2-5H2,1H3,(H,15,18,19). The second kappa shape index (κ2) is 4.40. The molecule has 1 N–H and O–H groups in total. The van der Waals surface area contributed by atoms with Crippen LogP contribution in [0, 0.1) is 6.92 Å². The Morgan fingerprint density at radius 1 is 1.20 bits per heavy atom. The molecular weight excluding hydrogens is 252 g/mol. The number of hydrogen-bond donors (Lipinski definition) is 1. The van der Waals surface area contributed by atoms with Gasteiger partial charge in [0.25, 0.3) is 0 Å². The molecule has 0 amide bonds. The zero-order chi connectivity index (χ0) is 13.5. The number of nitrogens with one attached hydrogen (secondary N) is 1. The van der Waals surface area contributed by atoms with E-state index in [0.717, 1.165) is 28.7 Å². The second-order valence-corrected chi connectivity index (χ2v) is 5.42. The first-order valence-electron chi connectivity index (χ1n) is 7.05. The minimum atomic E-state index is 0.552. The number of hydrogen-bond acceptors (Lipinski definition) is 4. The van der Waals surface area contributed by atoms with Gasteiger partial charge >= 0.3 is 0 Å². The number of H-pyrrole nitrogens is 1. The van der Waals surface area contributed by atoms with E-state index in [2.05, 4.69) is 25.4 Å². The van der Waals surface area contributed by atoms with Gasteiger partial charge in [0, 0.05) is 17.7 Å². The number of pyridine rings is 1. The summed E-state index contributed by atoms with van der Waals surface area (Å²) >= 11 is 0. The van der Waals surface area contributed by atoms with Gasteiger partial charge in [-0.25, -0.2) is 4.98 Å². The molecule has 3 aromatic heterocycles. The third kappa shape index (κ3) is 1.79. The fourth-order valence-electron chi connectivity index (χ4n) is 2.92. The van der Waals surface area contributed by atoms with Gasteiger partial charge in [-0.05, 0) is 31.9 Å². The van der Waals surface area contributed by atoms with E-state index in [9.17, 15) is 0 Å². The lowest BCUT2D eigenvalue weighted by molar-refractivity contribution is 0.672. The molecule has 0 aromatic carbocycles. The molecule has 102 valence electrons. The number of aryl methyl sites for hydroxylation is 1. The normalized spacial score (nSPS) is 16.2. The third-order valence-corrected chi connectivity index (χ3v) is 4.08. The SMILES string of the molecule is Cc1nnc2ccc(-c3n[nH]c(C4CCCC4)n3)cn12. The Morgan fingerprint density at radius 3 is 2.90 bits per heavy atom. The summed E-state index contributed by atoms with van der Waals surface area (Å²) in [5.41, 5.74) is 1.83. The van der Waals surface area contributed by atoms with Gasteiger partial charge in [-0.15, -0.1) is 10.2 Å². The number of aromatic amines is 1. The number of aromatic nitrogens is 6. The topological polar surface area (TPSA) is 71.8 Å². The van der Waals surface area contributed by atoms with Gasteiger partial charge < -0.3 is 0 Å². The molecule has 1 aliphatic rings. The van der Waals surface area contributed by atoms with Gasteiger partial charge in [0.1, 0.15) is 11.6 Å². The molecule has 1 fully saturated rings. The molecule has 0 bridgehead atoms. The van der Waals surface area contributed by atoms with Crippen molar-refractivity contribution in [2.45, 2.75) is 38.5 Å². The lowest BCUT2D eigenvalue weighted by atomic mass is 10.1. The van der Waals surface area contributed by atoms with E-state index >= 15 is 0 Å². The number of fused-ring (bicyclic) bond motifs is 1. The third-order valence-electron chi connectivity index (χ3n) is 4.08. The first-order valence-corrected chi connectivity index (χ1v) is 7.05. The van der Waals surface area contributed by atoms with Gasteiger partial charge in [-0.3, -0.25) is 9.50 Å². The average molecular weight is 268 g/mol. The van der Waals surface area contributed by atoms with E-state index in [-0.39, 0.29) is 0 Å². The van der Waals surface area contributed by atoms with Crippen molar-refractivity contribution in [3.63, 3.8) is 0 Å². The van der Waals surface area contributed by atoms with Gasteiger partial charge in [0.2, 0.25) is 0 Å². The zero-order valence-electron chi connectivity index (χ0n) is 11.4. The summed E-state index contributed by atoms with van der Waals surface area (Å²) in [6, 6.07) is 3.94. The van der Waals surface area contributed by atoms with Crippen LogP contribution in [0.2, 0.25) is 0 Å². The Kier molecular flexibility index (Phi) is 2.55. The predicted octanol–water partition coefficient (Wildman–Crippen LogP) is 2.48. The summed E-state index contributed by atoms with van der Waals surface area (Å²) in [5, 5.41) is 15.6. The van der Waals surface area contributed by atoms with Crippen LogP contribution in [0.5, 0.6) is 0 Å². The summed E-state index contributed by atoms with van der Waals surface area (Å²) < 4.78 is 1.96. The quantitative estimate of drug-likeness (QED) is 0.775. The highest BCUT2D eigenvalue weighted by Crippen LogP contribution is 2.32. The molecule has 0 spiro atoms. The fourth-order valence-corrected chi connectivity index (χ4v) is 2.92. The minimum Gasteiger partial charge on any atom is -0.286 e. The molecule has 1 saturated carbocycles. The molecule has 6 heteroatoms. The Labute approximate surface area is 116 Å². The summed E-state index contributed by atoms with van der Waals surface area (Å²) in [6.07, 6.45) is 7.03. The first-order chi connectivity index (χ1) is 9.81. The monoisotopic (exact) mass is 268 g/mol. The maximum absolute atomic E-state index is 4.66. The van der Waals surface area contributed by atoms with Crippen molar-refractivity contribution >= 4 is 5.65 Å². The maximum atomic E-state index is 4.66. The average Bonchev–Trinajstić information content (AvgIpc) is 3.18. The highest BCUT2D eigenvalue weighted by molar-refractivity contribution is 5.57. The zero-order valence-corrected chi connectivity index (χ0v) is 11.4. The number of nitrogens with zero attached hydrogens (tertiary/aromatic N) is 5. The Balaban J connectivity index is 1.72. The lowest BCUT2D eigenvalue weighted by Gasteiger charge is -2.02. The molecule has 0 radical (unpaired) electrons. The highest BCUT2D eigenvalue weighted by Gasteiger charge is 2.21. The maximum Gasteiger partial charge on any atom is 0.182 e. The predicted molar refractivity (Wildman–Crippen MR) is 74.3 cm³/mol. The van der Waals surface area contributed by atoms with Crippen molar-refractivity contribution < 1.29 is 0 Å². The van der Waals surface area contributed by atoms with Crippen molar-refractivity contribution in [3.05, 3.63) is 30.0 Å². The molecule has 3 heterocycles. The van der Waals surface area contributed by atoms with Crippen LogP contribution in [0.1, 0.15) is 43.3 Å². The van der Waals surface area contributed by atoms with Crippen LogP contribution < -0.4 is 0 Å². The van der Waals surface area contributed by atoms with E-state index in [1.54, 1.807) is 0 Å². The summed E-state index contributed by atoms with van der Waals surface area (Å²) in [6.45, 7) is 1.94. The van der Waals surface area contributed by atoms with Crippen molar-refractivity contribution in [1.82, 2.24) is 29.8 Å². The fraction of sp³-hybridized carbons (Fsp3) is 0.429. The van der Waals surface area contributed by atoms with Crippen molar-refractivity contribution in [1.29, 1.82) is 0 Å². The van der Waals surface area contributed by atoms with E-state index in [0.29, 0.717) is 5.92 Å². The van der Waals surface area contributed by atoms with Gasteiger partial charge in [0.05, 0.1) is 0 Å². The second-order valence-electron chi connectivity index (χ2n) is 5.42. The van der Waals surface area contributed by atoms with Crippen LogP contribution in [0.4, 0.5) is 0 Å². The summed E-state index contributed by atoms with van der Waals surface area (Å²) in [7, 11) is 0. The minimum absolute atomic E-state index is 0.552. The van der Waals surface area contributed by atoms with E-state index in [1.165, 1.54) is 25.7 Å².